The highest BCUT2D eigenvalue weighted by atomic mass is 16.5. The number of hydrogen-bond acceptors (Lipinski definition) is 4. The summed E-state index contributed by atoms with van der Waals surface area (Å²) in [6.45, 7) is 4.33. The van der Waals surface area contributed by atoms with E-state index in [1.54, 1.807) is 7.11 Å². The first-order valence-corrected chi connectivity index (χ1v) is 13.4. The van der Waals surface area contributed by atoms with Gasteiger partial charge < -0.3 is 35.3 Å². The average Bonchev–Trinajstić information content (AvgIpc) is 3.55. The van der Waals surface area contributed by atoms with Crippen LogP contribution in [0.5, 0.6) is 5.75 Å². The maximum absolute atomic E-state index is 13.6. The summed E-state index contributed by atoms with van der Waals surface area (Å²) < 4.78 is 5.46. The van der Waals surface area contributed by atoms with Crippen LogP contribution < -0.4 is 15.4 Å². The number of methoxy groups -OCH3 is 1. The molecule has 4 amide bonds. The van der Waals surface area contributed by atoms with Crippen LogP contribution in [0.1, 0.15) is 69.2 Å². The number of urea groups is 2. The maximum atomic E-state index is 13.6. The molecule has 0 unspecified atom stereocenters. The molecule has 1 atom stereocenters. The third-order valence-corrected chi connectivity index (χ3v) is 8.40. The Bertz CT molecular complexity index is 1100. The molecule has 3 heterocycles. The SMILES string of the molecule is CCCNC(=O)N1CCC2(CC1)CN(C(=O)NC1CCCC1)[C@@H](CO)c1[nH]c3cc(OC)ccc3c12. The third-order valence-electron chi connectivity index (χ3n) is 8.40. The zero-order valence-electron chi connectivity index (χ0n) is 21.4. The van der Waals surface area contributed by atoms with Gasteiger partial charge in [0.15, 0.2) is 0 Å². The zero-order chi connectivity index (χ0) is 25.3. The summed E-state index contributed by atoms with van der Waals surface area (Å²) in [6.07, 6.45) is 6.71. The quantitative estimate of drug-likeness (QED) is 0.506. The molecular weight excluding hydrogens is 458 g/mol. The number of amides is 4. The number of piperidine rings is 1. The minimum atomic E-state index is -0.448. The topological polar surface area (TPSA) is 110 Å². The van der Waals surface area contributed by atoms with E-state index in [-0.39, 0.29) is 30.1 Å². The number of aliphatic hydroxyl groups is 1. The predicted molar refractivity (Wildman–Crippen MR) is 138 cm³/mol. The highest BCUT2D eigenvalue weighted by molar-refractivity contribution is 5.89. The fraction of sp³-hybridized carbons (Fsp3) is 0.630. The van der Waals surface area contributed by atoms with Gasteiger partial charge >= 0.3 is 12.1 Å². The van der Waals surface area contributed by atoms with Gasteiger partial charge in [-0.2, -0.15) is 0 Å². The number of likely N-dealkylation sites (tertiary alicyclic amines) is 1. The molecule has 1 aliphatic carbocycles. The van der Waals surface area contributed by atoms with Crippen molar-refractivity contribution in [1.29, 1.82) is 0 Å². The van der Waals surface area contributed by atoms with Gasteiger partial charge in [-0.25, -0.2) is 9.59 Å². The van der Waals surface area contributed by atoms with Crippen molar-refractivity contribution < 1.29 is 19.4 Å². The molecule has 3 aliphatic rings. The highest BCUT2D eigenvalue weighted by Crippen LogP contribution is 2.49. The van der Waals surface area contributed by atoms with Crippen LogP contribution in [0.4, 0.5) is 9.59 Å². The van der Waals surface area contributed by atoms with Gasteiger partial charge in [0.2, 0.25) is 0 Å². The molecule has 1 saturated heterocycles. The van der Waals surface area contributed by atoms with Crippen LogP contribution in [0.15, 0.2) is 18.2 Å². The molecule has 4 N–H and O–H groups in total. The van der Waals surface area contributed by atoms with Gasteiger partial charge in [-0.15, -0.1) is 0 Å². The Balaban J connectivity index is 1.51. The summed E-state index contributed by atoms with van der Waals surface area (Å²) in [6, 6.07) is 5.65. The van der Waals surface area contributed by atoms with Gasteiger partial charge in [-0.1, -0.05) is 19.8 Å². The molecular formula is C27H39N5O4. The number of carbonyl (C=O) groups excluding carboxylic acids is 2. The average molecular weight is 498 g/mol. The lowest BCUT2D eigenvalue weighted by atomic mass is 9.68. The van der Waals surface area contributed by atoms with Gasteiger partial charge in [0, 0.05) is 60.3 Å². The Labute approximate surface area is 212 Å². The Morgan fingerprint density at radius 1 is 1.19 bits per heavy atom. The fourth-order valence-corrected chi connectivity index (χ4v) is 6.44. The number of ether oxygens (including phenoxy) is 1. The lowest BCUT2D eigenvalue weighted by molar-refractivity contribution is 0.0725. The first-order valence-electron chi connectivity index (χ1n) is 13.4. The highest BCUT2D eigenvalue weighted by Gasteiger charge is 2.49. The number of hydrogen-bond donors (Lipinski definition) is 4. The second-order valence-electron chi connectivity index (χ2n) is 10.6. The van der Waals surface area contributed by atoms with Crippen molar-refractivity contribution >= 4 is 23.0 Å². The van der Waals surface area contributed by atoms with E-state index in [1.807, 2.05) is 28.9 Å². The van der Waals surface area contributed by atoms with Crippen LogP contribution in [0.3, 0.4) is 0 Å². The van der Waals surface area contributed by atoms with Crippen molar-refractivity contribution in [2.75, 3.05) is 39.9 Å². The molecule has 196 valence electrons. The maximum Gasteiger partial charge on any atom is 0.318 e. The molecule has 36 heavy (non-hydrogen) atoms. The molecule has 2 aromatic rings. The Kier molecular flexibility index (Phi) is 7.01. The minimum absolute atomic E-state index is 0.0181. The molecule has 0 radical (unpaired) electrons. The monoisotopic (exact) mass is 497 g/mol. The second-order valence-corrected chi connectivity index (χ2v) is 10.6. The van der Waals surface area contributed by atoms with Gasteiger partial charge in [0.1, 0.15) is 5.75 Å². The summed E-state index contributed by atoms with van der Waals surface area (Å²) in [4.78, 5) is 33.5. The van der Waals surface area contributed by atoms with Gasteiger partial charge in [0.05, 0.1) is 19.8 Å². The van der Waals surface area contributed by atoms with Crippen molar-refractivity contribution in [2.24, 2.45) is 0 Å². The van der Waals surface area contributed by atoms with Gasteiger partial charge in [0.25, 0.3) is 0 Å². The standard InChI is InChI=1S/C27H39N5O4/c1-3-12-28-25(34)31-13-10-27(11-14-31)17-32(26(35)29-18-6-4-5-7-18)22(16-33)24-23(27)20-9-8-19(36-2)15-21(20)30-24/h8-9,15,18,22,30,33H,3-7,10-14,16-17H2,1-2H3,(H,28,34)(H,29,35)/t22-/m0/s1. The molecule has 9 heteroatoms. The second kappa shape index (κ2) is 10.2. The number of aromatic nitrogens is 1. The van der Waals surface area contributed by atoms with Crippen molar-refractivity contribution in [3.8, 4) is 5.75 Å². The van der Waals surface area contributed by atoms with E-state index in [0.29, 0.717) is 26.2 Å². The van der Waals surface area contributed by atoms with E-state index >= 15 is 0 Å². The van der Waals surface area contributed by atoms with E-state index in [1.165, 1.54) is 5.56 Å². The van der Waals surface area contributed by atoms with Crippen LogP contribution in [0.25, 0.3) is 10.9 Å². The summed E-state index contributed by atoms with van der Waals surface area (Å²) >= 11 is 0. The predicted octanol–water partition coefficient (Wildman–Crippen LogP) is 3.63. The number of benzene rings is 1. The largest absolute Gasteiger partial charge is 0.497 e. The number of fused-ring (bicyclic) bond motifs is 4. The van der Waals surface area contributed by atoms with E-state index in [0.717, 1.165) is 67.3 Å². The first kappa shape index (κ1) is 24.7. The smallest absolute Gasteiger partial charge is 0.318 e. The number of rotatable bonds is 5. The minimum Gasteiger partial charge on any atom is -0.497 e. The molecule has 1 spiro atoms. The number of nitrogens with one attached hydrogen (secondary N) is 3. The normalized spacial score (nSPS) is 21.6. The van der Waals surface area contributed by atoms with Crippen LogP contribution in [0.2, 0.25) is 0 Å². The lowest BCUT2D eigenvalue weighted by Crippen LogP contribution is -2.58. The molecule has 5 rings (SSSR count). The van der Waals surface area contributed by atoms with Crippen LogP contribution in [-0.4, -0.2) is 77.9 Å². The summed E-state index contributed by atoms with van der Waals surface area (Å²) in [5.74, 6) is 0.758. The molecule has 2 fully saturated rings. The van der Waals surface area contributed by atoms with Gasteiger partial charge in [-0.3, -0.25) is 0 Å². The molecule has 0 bridgehead atoms. The molecule has 2 aliphatic heterocycles. The van der Waals surface area contributed by atoms with Crippen molar-refractivity contribution in [2.45, 2.75) is 69.4 Å². The number of carbonyl (C=O) groups is 2. The number of H-pyrrole nitrogens is 1. The fourth-order valence-electron chi connectivity index (χ4n) is 6.44. The van der Waals surface area contributed by atoms with Gasteiger partial charge in [-0.05, 0) is 49.8 Å². The van der Waals surface area contributed by atoms with Crippen LogP contribution >= 0.6 is 0 Å². The molecule has 1 saturated carbocycles. The van der Waals surface area contributed by atoms with E-state index in [9.17, 15) is 14.7 Å². The van der Waals surface area contributed by atoms with Crippen molar-refractivity contribution in [3.05, 3.63) is 29.5 Å². The molecule has 1 aromatic carbocycles. The summed E-state index contributed by atoms with van der Waals surface area (Å²) in [7, 11) is 1.65. The van der Waals surface area contributed by atoms with E-state index < -0.39 is 6.04 Å². The van der Waals surface area contributed by atoms with Crippen LogP contribution in [0, 0.1) is 0 Å². The van der Waals surface area contributed by atoms with Crippen LogP contribution in [-0.2, 0) is 5.41 Å². The van der Waals surface area contributed by atoms with E-state index in [4.69, 9.17) is 4.74 Å². The first-order chi connectivity index (χ1) is 17.5. The summed E-state index contributed by atoms with van der Waals surface area (Å²) in [5.41, 5.74) is 2.72. The molecule has 1 aromatic heterocycles. The number of aliphatic hydroxyl groups excluding tert-OH is 1. The zero-order valence-corrected chi connectivity index (χ0v) is 21.4. The summed E-state index contributed by atoms with van der Waals surface area (Å²) in [5, 5.41) is 17.8. The Morgan fingerprint density at radius 2 is 1.94 bits per heavy atom. The van der Waals surface area contributed by atoms with E-state index in [2.05, 4.69) is 21.7 Å². The number of nitrogens with zero attached hydrogens (tertiary/aromatic N) is 2. The Hall–Kier alpha value is -2.94. The molecule has 9 nitrogen and oxygen atoms in total. The third kappa shape index (κ3) is 4.38. The lowest BCUT2D eigenvalue weighted by Gasteiger charge is -2.50. The Morgan fingerprint density at radius 3 is 2.61 bits per heavy atom. The van der Waals surface area contributed by atoms with Crippen molar-refractivity contribution in [1.82, 2.24) is 25.4 Å². The van der Waals surface area contributed by atoms with Crippen molar-refractivity contribution in [3.63, 3.8) is 0 Å². The number of aromatic amines is 1.